The van der Waals surface area contributed by atoms with Gasteiger partial charge in [-0.2, -0.15) is 0 Å². The van der Waals surface area contributed by atoms with Gasteiger partial charge in [0.1, 0.15) is 0 Å². The first-order valence-electron chi connectivity index (χ1n) is 11.1. The zero-order chi connectivity index (χ0) is 24.7. The standard InChI is InChI=1S/C28H33NO4/c1-16-9-12-20(13-10-16)22-19(4)23(21-14-11-17(2)18(3)15-21)26(30)29(8)24(22)25(27(31)32)33-28(5,6)7/h9-15,25H,1-8H3,(H,31,32). The lowest BCUT2D eigenvalue weighted by Crippen LogP contribution is -2.33. The smallest absolute Gasteiger partial charge is 0.339 e. The van der Waals surface area contributed by atoms with E-state index < -0.39 is 17.7 Å². The molecule has 5 nitrogen and oxygen atoms in total. The van der Waals surface area contributed by atoms with Gasteiger partial charge in [-0.3, -0.25) is 4.79 Å². The Morgan fingerprint density at radius 3 is 2.00 bits per heavy atom. The van der Waals surface area contributed by atoms with Gasteiger partial charge >= 0.3 is 5.97 Å². The van der Waals surface area contributed by atoms with Crippen molar-refractivity contribution in [2.75, 3.05) is 0 Å². The van der Waals surface area contributed by atoms with Crippen molar-refractivity contribution in [2.45, 2.75) is 60.2 Å². The molecule has 0 bridgehead atoms. The molecule has 33 heavy (non-hydrogen) atoms. The van der Waals surface area contributed by atoms with E-state index in [1.165, 1.54) is 4.57 Å². The van der Waals surface area contributed by atoms with E-state index in [1.54, 1.807) is 7.05 Å². The van der Waals surface area contributed by atoms with Crippen LogP contribution in [0.4, 0.5) is 0 Å². The van der Waals surface area contributed by atoms with Crippen molar-refractivity contribution in [1.29, 1.82) is 0 Å². The molecule has 0 radical (unpaired) electrons. The Morgan fingerprint density at radius 2 is 1.48 bits per heavy atom. The van der Waals surface area contributed by atoms with Crippen LogP contribution in [0.25, 0.3) is 22.3 Å². The first-order valence-corrected chi connectivity index (χ1v) is 11.1. The second kappa shape index (κ2) is 8.99. The molecule has 3 rings (SSSR count). The maximum Gasteiger partial charge on any atom is 0.339 e. The van der Waals surface area contributed by atoms with Crippen LogP contribution in [0.3, 0.4) is 0 Å². The molecular formula is C28H33NO4. The number of aliphatic carboxylic acids is 1. The molecule has 5 heteroatoms. The Hall–Kier alpha value is -3.18. The minimum absolute atomic E-state index is 0.245. The van der Waals surface area contributed by atoms with E-state index in [0.29, 0.717) is 16.8 Å². The molecule has 0 aliphatic heterocycles. The predicted octanol–water partition coefficient (Wildman–Crippen LogP) is 5.89. The molecule has 0 saturated heterocycles. The van der Waals surface area contributed by atoms with E-state index in [1.807, 2.05) is 90.9 Å². The van der Waals surface area contributed by atoms with Crippen LogP contribution in [0.1, 0.15) is 54.8 Å². The Bertz CT molecular complexity index is 1260. The minimum Gasteiger partial charge on any atom is -0.479 e. The zero-order valence-electron chi connectivity index (χ0n) is 20.7. The van der Waals surface area contributed by atoms with Gasteiger partial charge in [-0.15, -0.1) is 0 Å². The normalized spacial score (nSPS) is 12.6. The number of hydrogen-bond acceptors (Lipinski definition) is 3. The summed E-state index contributed by atoms with van der Waals surface area (Å²) in [7, 11) is 1.63. The Kier molecular flexibility index (Phi) is 6.66. The van der Waals surface area contributed by atoms with Gasteiger partial charge in [0.25, 0.3) is 5.56 Å². The molecule has 174 valence electrons. The van der Waals surface area contributed by atoms with Gasteiger partial charge in [0, 0.05) is 12.6 Å². The van der Waals surface area contributed by atoms with Crippen molar-refractivity contribution in [3.05, 3.63) is 80.8 Å². The van der Waals surface area contributed by atoms with Gasteiger partial charge in [-0.05, 0) is 76.3 Å². The van der Waals surface area contributed by atoms with E-state index in [9.17, 15) is 14.7 Å². The first kappa shape index (κ1) is 24.5. The van der Waals surface area contributed by atoms with Crippen molar-refractivity contribution >= 4 is 5.97 Å². The summed E-state index contributed by atoms with van der Waals surface area (Å²) >= 11 is 0. The summed E-state index contributed by atoms with van der Waals surface area (Å²) in [6.07, 6.45) is -1.30. The SMILES string of the molecule is Cc1ccc(-c2c(C)c(-c3ccc(C)c(C)c3)c(=O)n(C)c2C(OC(C)(C)C)C(=O)O)cc1. The lowest BCUT2D eigenvalue weighted by molar-refractivity contribution is -0.161. The predicted molar refractivity (Wildman–Crippen MR) is 133 cm³/mol. The van der Waals surface area contributed by atoms with E-state index in [2.05, 4.69) is 0 Å². The number of aromatic nitrogens is 1. The summed E-state index contributed by atoms with van der Waals surface area (Å²) in [5, 5.41) is 10.1. The highest BCUT2D eigenvalue weighted by molar-refractivity contribution is 5.84. The number of pyridine rings is 1. The summed E-state index contributed by atoms with van der Waals surface area (Å²) < 4.78 is 7.42. The quantitative estimate of drug-likeness (QED) is 0.529. The van der Waals surface area contributed by atoms with Gasteiger partial charge in [-0.1, -0.05) is 48.0 Å². The van der Waals surface area contributed by atoms with E-state index in [4.69, 9.17) is 4.74 Å². The van der Waals surface area contributed by atoms with Crippen molar-refractivity contribution in [1.82, 2.24) is 4.57 Å². The van der Waals surface area contributed by atoms with Gasteiger partial charge in [0.05, 0.1) is 16.9 Å². The molecule has 0 amide bonds. The lowest BCUT2D eigenvalue weighted by atomic mass is 9.89. The molecule has 2 aromatic carbocycles. The molecule has 1 N–H and O–H groups in total. The highest BCUT2D eigenvalue weighted by atomic mass is 16.5. The highest BCUT2D eigenvalue weighted by Gasteiger charge is 2.33. The monoisotopic (exact) mass is 447 g/mol. The van der Waals surface area contributed by atoms with E-state index in [0.717, 1.165) is 33.4 Å². The number of ether oxygens (including phenoxy) is 1. The molecular weight excluding hydrogens is 414 g/mol. The fourth-order valence-electron chi connectivity index (χ4n) is 4.13. The van der Waals surface area contributed by atoms with Gasteiger partial charge in [0.15, 0.2) is 6.10 Å². The minimum atomic E-state index is -1.30. The highest BCUT2D eigenvalue weighted by Crippen LogP contribution is 2.38. The van der Waals surface area contributed by atoms with Crippen LogP contribution in [-0.2, 0) is 16.6 Å². The number of aryl methyl sites for hydroxylation is 3. The first-order chi connectivity index (χ1) is 15.3. The molecule has 0 aliphatic rings. The number of carbonyl (C=O) groups is 1. The van der Waals surface area contributed by atoms with Crippen LogP contribution >= 0.6 is 0 Å². The van der Waals surface area contributed by atoms with Gasteiger partial charge in [0.2, 0.25) is 0 Å². The second-order valence-electron chi connectivity index (χ2n) is 9.74. The second-order valence-corrected chi connectivity index (χ2v) is 9.74. The molecule has 0 fully saturated rings. The molecule has 1 heterocycles. The van der Waals surface area contributed by atoms with Crippen LogP contribution in [0.15, 0.2) is 47.3 Å². The third-order valence-electron chi connectivity index (χ3n) is 5.97. The van der Waals surface area contributed by atoms with Crippen LogP contribution in [0.5, 0.6) is 0 Å². The Labute approximate surface area is 195 Å². The number of benzene rings is 2. The molecule has 3 aromatic rings. The van der Waals surface area contributed by atoms with Crippen molar-refractivity contribution in [3.8, 4) is 22.3 Å². The molecule has 0 aliphatic carbocycles. The van der Waals surface area contributed by atoms with E-state index in [-0.39, 0.29) is 5.56 Å². The van der Waals surface area contributed by atoms with Gasteiger partial charge in [-0.25, -0.2) is 4.79 Å². The topological polar surface area (TPSA) is 68.5 Å². The number of nitrogens with zero attached hydrogens (tertiary/aromatic N) is 1. The molecule has 1 unspecified atom stereocenters. The summed E-state index contributed by atoms with van der Waals surface area (Å²) in [6, 6.07) is 13.9. The van der Waals surface area contributed by atoms with Crippen molar-refractivity contribution < 1.29 is 14.6 Å². The van der Waals surface area contributed by atoms with Gasteiger partial charge < -0.3 is 14.4 Å². The van der Waals surface area contributed by atoms with Crippen molar-refractivity contribution in [2.24, 2.45) is 7.05 Å². The molecule has 1 aromatic heterocycles. The lowest BCUT2D eigenvalue weighted by Gasteiger charge is -2.29. The number of hydrogen-bond donors (Lipinski definition) is 1. The molecule has 0 spiro atoms. The summed E-state index contributed by atoms with van der Waals surface area (Å²) in [5.74, 6) is -1.13. The summed E-state index contributed by atoms with van der Waals surface area (Å²) in [5.41, 5.74) is 6.40. The number of carboxylic acid groups (broad SMARTS) is 1. The summed E-state index contributed by atoms with van der Waals surface area (Å²) in [6.45, 7) is 13.4. The fourth-order valence-corrected chi connectivity index (χ4v) is 4.13. The molecule has 1 atom stereocenters. The average Bonchev–Trinajstić information content (AvgIpc) is 2.72. The Morgan fingerprint density at radius 1 is 0.909 bits per heavy atom. The number of rotatable bonds is 5. The van der Waals surface area contributed by atoms with Crippen LogP contribution in [0.2, 0.25) is 0 Å². The Balaban J connectivity index is 2.45. The number of carboxylic acids is 1. The largest absolute Gasteiger partial charge is 0.479 e. The third-order valence-corrected chi connectivity index (χ3v) is 5.97. The maximum absolute atomic E-state index is 13.7. The summed E-state index contributed by atoms with van der Waals surface area (Å²) in [4.78, 5) is 26.0. The zero-order valence-corrected chi connectivity index (χ0v) is 20.7. The molecule has 0 saturated carbocycles. The maximum atomic E-state index is 13.7. The van der Waals surface area contributed by atoms with Crippen LogP contribution in [0, 0.1) is 27.7 Å². The van der Waals surface area contributed by atoms with Crippen LogP contribution in [-0.4, -0.2) is 21.2 Å². The third kappa shape index (κ3) is 4.93. The fraction of sp³-hybridized carbons (Fsp3) is 0.357. The van der Waals surface area contributed by atoms with Crippen molar-refractivity contribution in [3.63, 3.8) is 0 Å². The van der Waals surface area contributed by atoms with E-state index >= 15 is 0 Å². The average molecular weight is 448 g/mol. The van der Waals surface area contributed by atoms with Crippen LogP contribution < -0.4 is 5.56 Å².